The fourth-order valence-electron chi connectivity index (χ4n) is 2.77. The van der Waals surface area contributed by atoms with Crippen molar-refractivity contribution in [1.29, 1.82) is 0 Å². The Labute approximate surface area is 127 Å². The minimum absolute atomic E-state index is 0.0753. The molecule has 2 N–H and O–H groups in total. The van der Waals surface area contributed by atoms with E-state index in [1.165, 1.54) is 6.20 Å². The van der Waals surface area contributed by atoms with Crippen LogP contribution in [-0.4, -0.2) is 32.8 Å². The maximum atomic E-state index is 12.2. The fourth-order valence-corrected chi connectivity index (χ4v) is 2.77. The summed E-state index contributed by atoms with van der Waals surface area (Å²) in [5, 5.41) is 16.1. The van der Waals surface area contributed by atoms with Crippen molar-refractivity contribution in [1.82, 2.24) is 15.1 Å². The van der Waals surface area contributed by atoms with Crippen LogP contribution in [0.3, 0.4) is 0 Å². The van der Waals surface area contributed by atoms with Gasteiger partial charge in [0.2, 0.25) is 0 Å². The van der Waals surface area contributed by atoms with Gasteiger partial charge in [0.05, 0.1) is 23.4 Å². The second kappa shape index (κ2) is 6.01. The lowest BCUT2D eigenvalue weighted by molar-refractivity contribution is -0.141. The first-order valence-corrected chi connectivity index (χ1v) is 7.27. The van der Waals surface area contributed by atoms with Crippen LogP contribution in [0.2, 0.25) is 0 Å². The van der Waals surface area contributed by atoms with E-state index in [0.717, 1.165) is 5.69 Å². The number of hydrogen-bond donors (Lipinski definition) is 2. The number of aromatic nitrogens is 2. The molecule has 114 valence electrons. The van der Waals surface area contributed by atoms with Crippen molar-refractivity contribution in [3.05, 3.63) is 48.3 Å². The van der Waals surface area contributed by atoms with E-state index >= 15 is 0 Å². The molecular weight excluding hydrogens is 282 g/mol. The van der Waals surface area contributed by atoms with Crippen molar-refractivity contribution >= 4 is 11.9 Å². The Kier molecular flexibility index (Phi) is 3.91. The lowest BCUT2D eigenvalue weighted by Gasteiger charge is -2.11. The zero-order valence-electron chi connectivity index (χ0n) is 12.0. The van der Waals surface area contributed by atoms with E-state index in [0.29, 0.717) is 24.8 Å². The molecule has 0 unspecified atom stereocenters. The zero-order valence-corrected chi connectivity index (χ0v) is 12.0. The first kappa shape index (κ1) is 14.3. The number of aliphatic carboxylic acids is 1. The number of hydrogen-bond acceptors (Lipinski definition) is 3. The Balaban J connectivity index is 1.64. The number of carbonyl (C=O) groups is 2. The lowest BCUT2D eigenvalue weighted by Crippen LogP contribution is -2.33. The SMILES string of the molecule is O=C(N[C@@H]1CC[C@H](C(=O)O)C1)c1cnn(-c2ccccc2)c1. The van der Waals surface area contributed by atoms with E-state index in [2.05, 4.69) is 10.4 Å². The van der Waals surface area contributed by atoms with Crippen molar-refractivity contribution in [2.75, 3.05) is 0 Å². The number of amides is 1. The van der Waals surface area contributed by atoms with Crippen LogP contribution in [0, 0.1) is 5.92 Å². The highest BCUT2D eigenvalue weighted by Crippen LogP contribution is 2.25. The van der Waals surface area contributed by atoms with Gasteiger partial charge in [0.1, 0.15) is 0 Å². The minimum atomic E-state index is -0.784. The fraction of sp³-hybridized carbons (Fsp3) is 0.312. The molecule has 1 aliphatic carbocycles. The standard InChI is InChI=1S/C16H17N3O3/c20-15(18-13-7-6-11(8-13)16(21)22)12-9-17-19(10-12)14-4-2-1-3-5-14/h1-5,9-11,13H,6-8H2,(H,18,20)(H,21,22)/t11-,13+/m0/s1. The van der Waals surface area contributed by atoms with Crippen LogP contribution in [0.5, 0.6) is 0 Å². The predicted octanol–water partition coefficient (Wildman–Crippen LogP) is 1.86. The van der Waals surface area contributed by atoms with Crippen molar-refractivity contribution in [3.8, 4) is 5.69 Å². The molecule has 1 aromatic carbocycles. The van der Waals surface area contributed by atoms with Gasteiger partial charge in [-0.15, -0.1) is 0 Å². The Morgan fingerprint density at radius 1 is 1.23 bits per heavy atom. The van der Waals surface area contributed by atoms with Gasteiger partial charge in [-0.1, -0.05) is 18.2 Å². The van der Waals surface area contributed by atoms with Crippen LogP contribution in [0.25, 0.3) is 5.69 Å². The predicted molar refractivity (Wildman–Crippen MR) is 79.8 cm³/mol. The molecule has 6 heteroatoms. The summed E-state index contributed by atoms with van der Waals surface area (Å²) in [6, 6.07) is 9.46. The molecule has 0 aliphatic heterocycles. The molecule has 0 radical (unpaired) electrons. The summed E-state index contributed by atoms with van der Waals surface area (Å²) in [4.78, 5) is 23.1. The molecule has 1 saturated carbocycles. The summed E-state index contributed by atoms with van der Waals surface area (Å²) in [6.45, 7) is 0. The molecular formula is C16H17N3O3. The van der Waals surface area contributed by atoms with Gasteiger partial charge in [-0.25, -0.2) is 4.68 Å². The average Bonchev–Trinajstić information content (AvgIpc) is 3.17. The van der Waals surface area contributed by atoms with Gasteiger partial charge in [-0.2, -0.15) is 5.10 Å². The first-order chi connectivity index (χ1) is 10.6. The number of benzene rings is 1. The highest BCUT2D eigenvalue weighted by molar-refractivity contribution is 5.94. The van der Waals surface area contributed by atoms with Gasteiger partial charge in [0, 0.05) is 12.2 Å². The third-order valence-electron chi connectivity index (χ3n) is 3.98. The monoisotopic (exact) mass is 299 g/mol. The molecule has 0 spiro atoms. The first-order valence-electron chi connectivity index (χ1n) is 7.27. The third kappa shape index (κ3) is 3.00. The molecule has 2 aromatic rings. The van der Waals surface area contributed by atoms with Crippen LogP contribution >= 0.6 is 0 Å². The van der Waals surface area contributed by atoms with E-state index in [1.807, 2.05) is 30.3 Å². The van der Waals surface area contributed by atoms with Crippen molar-refractivity contribution < 1.29 is 14.7 Å². The number of rotatable bonds is 4. The quantitative estimate of drug-likeness (QED) is 0.902. The number of carbonyl (C=O) groups excluding carboxylic acids is 1. The van der Waals surface area contributed by atoms with E-state index in [4.69, 9.17) is 5.11 Å². The summed E-state index contributed by atoms with van der Waals surface area (Å²) in [5.41, 5.74) is 1.36. The molecule has 0 saturated heterocycles. The van der Waals surface area contributed by atoms with Gasteiger partial charge >= 0.3 is 5.97 Å². The molecule has 1 fully saturated rings. The molecule has 6 nitrogen and oxygen atoms in total. The van der Waals surface area contributed by atoms with E-state index in [1.54, 1.807) is 10.9 Å². The Morgan fingerprint density at radius 2 is 2.00 bits per heavy atom. The number of para-hydroxylation sites is 1. The Bertz CT molecular complexity index is 681. The molecule has 1 aliphatic rings. The average molecular weight is 299 g/mol. The molecule has 3 rings (SSSR count). The summed E-state index contributed by atoms with van der Waals surface area (Å²) in [6.07, 6.45) is 5.01. The smallest absolute Gasteiger partial charge is 0.306 e. The van der Waals surface area contributed by atoms with Crippen LogP contribution in [0.4, 0.5) is 0 Å². The number of carboxylic acid groups (broad SMARTS) is 1. The number of nitrogens with one attached hydrogen (secondary N) is 1. The summed E-state index contributed by atoms with van der Waals surface area (Å²) < 4.78 is 1.64. The maximum absolute atomic E-state index is 12.2. The highest BCUT2D eigenvalue weighted by atomic mass is 16.4. The lowest BCUT2D eigenvalue weighted by atomic mass is 10.1. The van der Waals surface area contributed by atoms with Gasteiger partial charge in [-0.05, 0) is 31.4 Å². The Morgan fingerprint density at radius 3 is 2.68 bits per heavy atom. The van der Waals surface area contributed by atoms with Gasteiger partial charge in [0.15, 0.2) is 0 Å². The van der Waals surface area contributed by atoms with Crippen molar-refractivity contribution in [2.24, 2.45) is 5.92 Å². The van der Waals surface area contributed by atoms with E-state index in [9.17, 15) is 9.59 Å². The van der Waals surface area contributed by atoms with Gasteiger partial charge in [0.25, 0.3) is 5.91 Å². The van der Waals surface area contributed by atoms with Crippen LogP contribution in [-0.2, 0) is 4.79 Å². The van der Waals surface area contributed by atoms with Crippen molar-refractivity contribution in [2.45, 2.75) is 25.3 Å². The third-order valence-corrected chi connectivity index (χ3v) is 3.98. The summed E-state index contributed by atoms with van der Waals surface area (Å²) in [7, 11) is 0. The van der Waals surface area contributed by atoms with Crippen molar-refractivity contribution in [3.63, 3.8) is 0 Å². The van der Waals surface area contributed by atoms with Gasteiger partial charge < -0.3 is 10.4 Å². The molecule has 0 bridgehead atoms. The van der Waals surface area contributed by atoms with Crippen LogP contribution < -0.4 is 5.32 Å². The topological polar surface area (TPSA) is 84.2 Å². The zero-order chi connectivity index (χ0) is 15.5. The van der Waals surface area contributed by atoms with E-state index in [-0.39, 0.29) is 17.9 Å². The molecule has 1 amide bonds. The summed E-state index contributed by atoms with van der Waals surface area (Å²) in [5.74, 6) is -1.34. The summed E-state index contributed by atoms with van der Waals surface area (Å²) >= 11 is 0. The molecule has 1 heterocycles. The largest absolute Gasteiger partial charge is 0.481 e. The Hall–Kier alpha value is -2.63. The van der Waals surface area contributed by atoms with Crippen LogP contribution in [0.1, 0.15) is 29.6 Å². The second-order valence-corrected chi connectivity index (χ2v) is 5.53. The van der Waals surface area contributed by atoms with E-state index < -0.39 is 5.97 Å². The maximum Gasteiger partial charge on any atom is 0.306 e. The minimum Gasteiger partial charge on any atom is -0.481 e. The second-order valence-electron chi connectivity index (χ2n) is 5.53. The molecule has 22 heavy (non-hydrogen) atoms. The molecule has 1 aromatic heterocycles. The van der Waals surface area contributed by atoms with Gasteiger partial charge in [-0.3, -0.25) is 9.59 Å². The highest BCUT2D eigenvalue weighted by Gasteiger charge is 2.30. The normalized spacial score (nSPS) is 20.7. The number of nitrogens with zero attached hydrogens (tertiary/aromatic N) is 2. The molecule has 2 atom stereocenters. The van der Waals surface area contributed by atoms with Crippen LogP contribution in [0.15, 0.2) is 42.7 Å². The number of carboxylic acids is 1.